The zero-order valence-electron chi connectivity index (χ0n) is 16.0. The van der Waals surface area contributed by atoms with Gasteiger partial charge in [0.25, 0.3) is 17.0 Å². The molecule has 3 aromatic rings. The summed E-state index contributed by atoms with van der Waals surface area (Å²) in [6.07, 6.45) is 0. The van der Waals surface area contributed by atoms with Gasteiger partial charge in [0, 0.05) is 25.5 Å². The van der Waals surface area contributed by atoms with Gasteiger partial charge in [-0.3, -0.25) is 24.3 Å². The average Bonchev–Trinajstić information content (AvgIpc) is 2.71. The van der Waals surface area contributed by atoms with Gasteiger partial charge in [0.2, 0.25) is 0 Å². The van der Waals surface area contributed by atoms with Crippen LogP contribution in [0.15, 0.2) is 58.1 Å². The third kappa shape index (κ3) is 4.70. The van der Waals surface area contributed by atoms with E-state index < -0.39 is 36.1 Å². The number of hydrogen-bond donors (Lipinski definition) is 2. The number of carbonyl (C=O) groups excluding carboxylic acids is 2. The molecule has 0 bridgehead atoms. The van der Waals surface area contributed by atoms with Crippen LogP contribution in [0.5, 0.6) is 0 Å². The molecule has 2 N–H and O–H groups in total. The van der Waals surface area contributed by atoms with Gasteiger partial charge in [0.05, 0.1) is 10.8 Å². The smallest absolute Gasteiger partial charge is 0.328 e. The molecule has 3 rings (SSSR count). The van der Waals surface area contributed by atoms with Gasteiger partial charge >= 0.3 is 5.97 Å². The van der Waals surface area contributed by atoms with E-state index in [2.05, 4.69) is 10.4 Å². The maximum absolute atomic E-state index is 12.4. The second-order valence-electron chi connectivity index (χ2n) is 6.53. The lowest BCUT2D eigenvalue weighted by Crippen LogP contribution is -2.33. The molecule has 1 amide bonds. The van der Waals surface area contributed by atoms with Gasteiger partial charge in [-0.1, -0.05) is 12.1 Å². The molecule has 9 nitrogen and oxygen atoms in total. The van der Waals surface area contributed by atoms with E-state index >= 15 is 0 Å². The average molecular weight is 396 g/mol. The quantitative estimate of drug-likeness (QED) is 0.600. The van der Waals surface area contributed by atoms with E-state index in [1.807, 2.05) is 31.1 Å². The molecule has 150 valence electrons. The Morgan fingerprint density at radius 1 is 1.03 bits per heavy atom. The number of benzene rings is 2. The molecule has 0 aliphatic rings. The minimum atomic E-state index is -0.823. The van der Waals surface area contributed by atoms with E-state index in [9.17, 15) is 19.2 Å². The van der Waals surface area contributed by atoms with Crippen molar-refractivity contribution in [2.24, 2.45) is 0 Å². The van der Waals surface area contributed by atoms with Gasteiger partial charge in [-0.15, -0.1) is 0 Å². The van der Waals surface area contributed by atoms with Crippen LogP contribution in [-0.4, -0.2) is 42.4 Å². The van der Waals surface area contributed by atoms with Crippen molar-refractivity contribution in [3.63, 3.8) is 0 Å². The van der Waals surface area contributed by atoms with Gasteiger partial charge in [0.15, 0.2) is 6.61 Å². The Morgan fingerprint density at radius 3 is 2.34 bits per heavy atom. The van der Waals surface area contributed by atoms with Crippen molar-refractivity contribution in [2.75, 3.05) is 30.9 Å². The molecule has 0 unspecified atom stereocenters. The SMILES string of the molecule is CN(C)c1ccc(NC(=O)COC(=O)Cn2[nH]c(=O)c3ccccc3c2=O)cc1. The fourth-order valence-electron chi connectivity index (χ4n) is 2.72. The summed E-state index contributed by atoms with van der Waals surface area (Å²) in [7, 11) is 3.81. The van der Waals surface area contributed by atoms with Gasteiger partial charge in [-0.05, 0) is 36.4 Å². The highest BCUT2D eigenvalue weighted by Crippen LogP contribution is 2.15. The summed E-state index contributed by atoms with van der Waals surface area (Å²) < 4.78 is 5.77. The van der Waals surface area contributed by atoms with Crippen LogP contribution in [0.3, 0.4) is 0 Å². The van der Waals surface area contributed by atoms with E-state index in [-0.39, 0.29) is 10.8 Å². The van der Waals surface area contributed by atoms with Crippen molar-refractivity contribution >= 4 is 34.0 Å². The summed E-state index contributed by atoms with van der Waals surface area (Å²) in [4.78, 5) is 50.3. The Bertz CT molecular complexity index is 1160. The second-order valence-corrected chi connectivity index (χ2v) is 6.53. The lowest BCUT2D eigenvalue weighted by molar-refractivity contribution is -0.148. The molecule has 0 fully saturated rings. The molecule has 9 heteroatoms. The van der Waals surface area contributed by atoms with Gasteiger partial charge < -0.3 is 15.0 Å². The van der Waals surface area contributed by atoms with E-state index in [1.54, 1.807) is 24.3 Å². The fraction of sp³-hybridized carbons (Fsp3) is 0.200. The minimum Gasteiger partial charge on any atom is -0.454 e. The number of aromatic nitrogens is 2. The number of ether oxygens (including phenoxy) is 1. The molecule has 0 spiro atoms. The molecule has 0 radical (unpaired) electrons. The Morgan fingerprint density at radius 2 is 1.69 bits per heavy atom. The van der Waals surface area contributed by atoms with Crippen LogP contribution in [0.1, 0.15) is 0 Å². The van der Waals surface area contributed by atoms with Crippen LogP contribution >= 0.6 is 0 Å². The molecule has 0 aliphatic heterocycles. The fourth-order valence-corrected chi connectivity index (χ4v) is 2.72. The Labute approximate surface area is 165 Å². The summed E-state index contributed by atoms with van der Waals surface area (Å²) in [5.74, 6) is -1.34. The van der Waals surface area contributed by atoms with Crippen LogP contribution in [0, 0.1) is 0 Å². The van der Waals surface area contributed by atoms with Crippen molar-refractivity contribution in [2.45, 2.75) is 6.54 Å². The molecule has 1 aromatic heterocycles. The maximum Gasteiger partial charge on any atom is 0.328 e. The zero-order valence-corrected chi connectivity index (χ0v) is 16.0. The predicted octanol–water partition coefficient (Wildman–Crippen LogP) is 0.938. The normalized spacial score (nSPS) is 10.6. The third-order valence-electron chi connectivity index (χ3n) is 4.20. The number of H-pyrrole nitrogens is 1. The first-order chi connectivity index (χ1) is 13.8. The van der Waals surface area contributed by atoms with Crippen LogP contribution in [0.2, 0.25) is 0 Å². The zero-order chi connectivity index (χ0) is 21.0. The largest absolute Gasteiger partial charge is 0.454 e. The Kier molecular flexibility index (Phi) is 5.77. The molecule has 1 heterocycles. The second kappa shape index (κ2) is 8.42. The summed E-state index contributed by atoms with van der Waals surface area (Å²) >= 11 is 0. The molecule has 29 heavy (non-hydrogen) atoms. The van der Waals surface area contributed by atoms with Gasteiger partial charge in [-0.25, -0.2) is 4.68 Å². The Balaban J connectivity index is 1.59. The monoisotopic (exact) mass is 396 g/mol. The van der Waals surface area contributed by atoms with Gasteiger partial charge in [0.1, 0.15) is 6.54 Å². The number of anilines is 2. The highest BCUT2D eigenvalue weighted by atomic mass is 16.5. The summed E-state index contributed by atoms with van der Waals surface area (Å²) in [5.41, 5.74) is 0.519. The molecular weight excluding hydrogens is 376 g/mol. The first kappa shape index (κ1) is 19.9. The van der Waals surface area contributed by atoms with Crippen molar-refractivity contribution in [1.82, 2.24) is 9.78 Å². The number of carbonyl (C=O) groups is 2. The van der Waals surface area contributed by atoms with Crippen LogP contribution in [-0.2, 0) is 20.9 Å². The van der Waals surface area contributed by atoms with E-state index in [4.69, 9.17) is 4.74 Å². The molecular formula is C20H20N4O5. The molecule has 0 atom stereocenters. The number of hydrogen-bond acceptors (Lipinski definition) is 6. The molecule has 0 aliphatic carbocycles. The topological polar surface area (TPSA) is 114 Å². The maximum atomic E-state index is 12.4. The van der Waals surface area contributed by atoms with Crippen molar-refractivity contribution < 1.29 is 14.3 Å². The number of rotatable bonds is 6. The summed E-state index contributed by atoms with van der Waals surface area (Å²) in [6.45, 7) is -1.02. The highest BCUT2D eigenvalue weighted by molar-refractivity contribution is 5.93. The van der Waals surface area contributed by atoms with Gasteiger partial charge in [-0.2, -0.15) is 0 Å². The number of nitrogens with one attached hydrogen (secondary N) is 2. The van der Waals surface area contributed by atoms with E-state index in [0.717, 1.165) is 10.4 Å². The molecule has 2 aromatic carbocycles. The van der Waals surface area contributed by atoms with Crippen LogP contribution < -0.4 is 21.3 Å². The molecule has 0 saturated carbocycles. The molecule has 0 saturated heterocycles. The standard InChI is InChI=1S/C20H20N4O5/c1-23(2)14-9-7-13(8-10-14)21-17(25)12-29-18(26)11-24-20(28)16-6-4-3-5-15(16)19(27)22-24/h3-10H,11-12H2,1-2H3,(H,21,25)(H,22,27). The Hall–Kier alpha value is -3.88. The minimum absolute atomic E-state index is 0.197. The number of fused-ring (bicyclic) bond motifs is 1. The van der Waals surface area contributed by atoms with Crippen molar-refractivity contribution in [3.8, 4) is 0 Å². The first-order valence-corrected chi connectivity index (χ1v) is 8.80. The van der Waals surface area contributed by atoms with E-state index in [0.29, 0.717) is 5.69 Å². The van der Waals surface area contributed by atoms with Crippen molar-refractivity contribution in [1.29, 1.82) is 0 Å². The number of esters is 1. The first-order valence-electron chi connectivity index (χ1n) is 8.80. The lowest BCUT2D eigenvalue weighted by Gasteiger charge is -2.13. The highest BCUT2D eigenvalue weighted by Gasteiger charge is 2.13. The lowest BCUT2D eigenvalue weighted by atomic mass is 10.2. The van der Waals surface area contributed by atoms with Crippen molar-refractivity contribution in [3.05, 3.63) is 69.2 Å². The third-order valence-corrected chi connectivity index (χ3v) is 4.20. The summed E-state index contributed by atoms with van der Waals surface area (Å²) in [6, 6.07) is 13.4. The van der Waals surface area contributed by atoms with Crippen LogP contribution in [0.4, 0.5) is 11.4 Å². The number of nitrogens with zero attached hydrogens (tertiary/aromatic N) is 2. The summed E-state index contributed by atoms with van der Waals surface area (Å²) in [5, 5.41) is 5.38. The van der Waals surface area contributed by atoms with Crippen LogP contribution in [0.25, 0.3) is 10.8 Å². The number of amides is 1. The predicted molar refractivity (Wildman–Crippen MR) is 109 cm³/mol. The van der Waals surface area contributed by atoms with E-state index in [1.165, 1.54) is 12.1 Å². The number of aromatic amines is 1.